The van der Waals surface area contributed by atoms with Crippen LogP contribution in [0, 0.1) is 0 Å². The first-order valence-corrected chi connectivity index (χ1v) is 9.37. The van der Waals surface area contributed by atoms with Crippen molar-refractivity contribution in [3.63, 3.8) is 0 Å². The van der Waals surface area contributed by atoms with Crippen LogP contribution in [0.25, 0.3) is 11.0 Å². The summed E-state index contributed by atoms with van der Waals surface area (Å²) in [7, 11) is 0. The first-order valence-electron chi connectivity index (χ1n) is 9.37. The molecule has 25 heavy (non-hydrogen) atoms. The highest BCUT2D eigenvalue weighted by Gasteiger charge is 2.27. The molecule has 3 heterocycles. The van der Waals surface area contributed by atoms with Crippen molar-refractivity contribution in [1.29, 1.82) is 0 Å². The van der Waals surface area contributed by atoms with Crippen molar-refractivity contribution >= 4 is 11.0 Å². The SMILES string of the molecule is O=c1oc2c3c(ccc2c2c1CCCC2)OCN(C[C@@H]1CCCO1)C3. The van der Waals surface area contributed by atoms with E-state index in [2.05, 4.69) is 11.0 Å². The van der Waals surface area contributed by atoms with E-state index in [0.717, 1.165) is 86.1 Å². The fraction of sp³-hybridized carbons (Fsp3) is 0.550. The Balaban J connectivity index is 1.55. The second-order valence-corrected chi connectivity index (χ2v) is 7.39. The number of ether oxygens (including phenoxy) is 2. The summed E-state index contributed by atoms with van der Waals surface area (Å²) in [5.41, 5.74) is 3.64. The van der Waals surface area contributed by atoms with Crippen molar-refractivity contribution < 1.29 is 13.9 Å². The summed E-state index contributed by atoms with van der Waals surface area (Å²) in [6.07, 6.45) is 6.57. The molecule has 0 bridgehead atoms. The van der Waals surface area contributed by atoms with Crippen LogP contribution in [-0.4, -0.2) is 30.9 Å². The van der Waals surface area contributed by atoms with E-state index in [9.17, 15) is 4.79 Å². The molecule has 1 aromatic heterocycles. The molecule has 1 saturated heterocycles. The van der Waals surface area contributed by atoms with Crippen molar-refractivity contribution in [3.8, 4) is 5.75 Å². The fourth-order valence-electron chi connectivity index (χ4n) is 4.45. The van der Waals surface area contributed by atoms with Crippen LogP contribution >= 0.6 is 0 Å². The number of fused-ring (bicyclic) bond motifs is 5. The molecule has 0 spiro atoms. The Morgan fingerprint density at radius 2 is 1.96 bits per heavy atom. The molecule has 5 nitrogen and oxygen atoms in total. The highest BCUT2D eigenvalue weighted by atomic mass is 16.5. The van der Waals surface area contributed by atoms with Gasteiger partial charge in [0.2, 0.25) is 0 Å². The molecule has 1 aliphatic carbocycles. The van der Waals surface area contributed by atoms with Crippen molar-refractivity contribution in [2.75, 3.05) is 19.9 Å². The third-order valence-electron chi connectivity index (χ3n) is 5.72. The van der Waals surface area contributed by atoms with Gasteiger partial charge in [-0.2, -0.15) is 0 Å². The number of benzene rings is 1. The number of nitrogens with zero attached hydrogens (tertiary/aromatic N) is 1. The standard InChI is InChI=1S/C20H23NO4/c22-20-16-6-2-1-5-14(16)15-7-8-18-17(19(15)25-20)11-21(12-24-18)10-13-4-3-9-23-13/h7-8,13H,1-6,9-12H2/t13-/m0/s1. The highest BCUT2D eigenvalue weighted by Crippen LogP contribution is 2.35. The molecule has 1 fully saturated rings. The molecule has 5 rings (SSSR count). The molecular formula is C20H23NO4. The van der Waals surface area contributed by atoms with E-state index >= 15 is 0 Å². The van der Waals surface area contributed by atoms with E-state index in [4.69, 9.17) is 13.9 Å². The summed E-state index contributed by atoms with van der Waals surface area (Å²) in [6, 6.07) is 4.10. The predicted octanol–water partition coefficient (Wildman–Crippen LogP) is 3.00. The van der Waals surface area contributed by atoms with E-state index in [-0.39, 0.29) is 5.63 Å². The third-order valence-corrected chi connectivity index (χ3v) is 5.72. The molecule has 5 heteroatoms. The van der Waals surface area contributed by atoms with Gasteiger partial charge in [0.25, 0.3) is 0 Å². The molecule has 0 amide bonds. The normalized spacial score (nSPS) is 23.3. The monoisotopic (exact) mass is 341 g/mol. The Morgan fingerprint density at radius 3 is 2.80 bits per heavy atom. The lowest BCUT2D eigenvalue weighted by atomic mass is 9.90. The summed E-state index contributed by atoms with van der Waals surface area (Å²) in [5, 5.41) is 1.09. The first kappa shape index (κ1) is 15.4. The van der Waals surface area contributed by atoms with E-state index in [0.29, 0.717) is 12.8 Å². The minimum Gasteiger partial charge on any atom is -0.478 e. The zero-order valence-electron chi connectivity index (χ0n) is 14.4. The van der Waals surface area contributed by atoms with E-state index in [1.807, 2.05) is 6.07 Å². The fourth-order valence-corrected chi connectivity index (χ4v) is 4.45. The summed E-state index contributed by atoms with van der Waals surface area (Å²) in [4.78, 5) is 14.7. The maximum atomic E-state index is 12.5. The van der Waals surface area contributed by atoms with E-state index < -0.39 is 0 Å². The molecule has 2 aliphatic heterocycles. The lowest BCUT2D eigenvalue weighted by Gasteiger charge is -2.31. The average Bonchev–Trinajstić information content (AvgIpc) is 3.15. The molecule has 0 N–H and O–H groups in total. The largest absolute Gasteiger partial charge is 0.478 e. The van der Waals surface area contributed by atoms with Crippen LogP contribution in [0.5, 0.6) is 5.75 Å². The molecule has 0 unspecified atom stereocenters. The molecule has 2 aromatic rings. The van der Waals surface area contributed by atoms with Gasteiger partial charge in [-0.3, -0.25) is 4.90 Å². The number of hydrogen-bond acceptors (Lipinski definition) is 5. The first-order chi connectivity index (χ1) is 12.3. The van der Waals surface area contributed by atoms with Crippen LogP contribution in [0.4, 0.5) is 0 Å². The Kier molecular flexibility index (Phi) is 3.79. The zero-order chi connectivity index (χ0) is 16.8. The van der Waals surface area contributed by atoms with Gasteiger partial charge < -0.3 is 13.9 Å². The Hall–Kier alpha value is -1.85. The van der Waals surface area contributed by atoms with Crippen LogP contribution in [0.1, 0.15) is 42.4 Å². The van der Waals surface area contributed by atoms with Crippen LogP contribution < -0.4 is 10.4 Å². The molecule has 1 atom stereocenters. The highest BCUT2D eigenvalue weighted by molar-refractivity contribution is 5.86. The van der Waals surface area contributed by atoms with Gasteiger partial charge >= 0.3 is 5.63 Å². The lowest BCUT2D eigenvalue weighted by molar-refractivity contribution is 0.0281. The molecule has 1 aromatic carbocycles. The number of aryl methyl sites for hydroxylation is 1. The second-order valence-electron chi connectivity index (χ2n) is 7.39. The van der Waals surface area contributed by atoms with Gasteiger partial charge in [0.15, 0.2) is 0 Å². The summed E-state index contributed by atoms with van der Waals surface area (Å²) < 4.78 is 17.5. The van der Waals surface area contributed by atoms with Gasteiger partial charge in [-0.25, -0.2) is 4.79 Å². The van der Waals surface area contributed by atoms with Crippen molar-refractivity contribution in [2.45, 2.75) is 51.2 Å². The van der Waals surface area contributed by atoms with Gasteiger partial charge in [-0.1, -0.05) is 0 Å². The topological polar surface area (TPSA) is 51.9 Å². The van der Waals surface area contributed by atoms with Crippen molar-refractivity contribution in [1.82, 2.24) is 4.90 Å². The number of hydrogen-bond donors (Lipinski definition) is 0. The molecule has 0 radical (unpaired) electrons. The Morgan fingerprint density at radius 1 is 1.08 bits per heavy atom. The minimum atomic E-state index is -0.160. The second kappa shape index (κ2) is 6.15. The maximum absolute atomic E-state index is 12.5. The van der Waals surface area contributed by atoms with Gasteiger partial charge in [-0.05, 0) is 56.2 Å². The zero-order valence-corrected chi connectivity index (χ0v) is 14.4. The van der Waals surface area contributed by atoms with Gasteiger partial charge in [0.05, 0.1) is 11.7 Å². The van der Waals surface area contributed by atoms with E-state index in [1.165, 1.54) is 5.56 Å². The lowest BCUT2D eigenvalue weighted by Crippen LogP contribution is -2.37. The third kappa shape index (κ3) is 2.66. The smallest absolute Gasteiger partial charge is 0.339 e. The maximum Gasteiger partial charge on any atom is 0.339 e. The molecule has 132 valence electrons. The van der Waals surface area contributed by atoms with Gasteiger partial charge in [-0.15, -0.1) is 0 Å². The predicted molar refractivity (Wildman–Crippen MR) is 94.0 cm³/mol. The molecule has 0 saturated carbocycles. The molecular weight excluding hydrogens is 318 g/mol. The Labute approximate surface area is 146 Å². The Bertz CT molecular complexity index is 866. The van der Waals surface area contributed by atoms with Crippen LogP contribution in [0.3, 0.4) is 0 Å². The van der Waals surface area contributed by atoms with Crippen molar-refractivity contribution in [3.05, 3.63) is 39.2 Å². The van der Waals surface area contributed by atoms with Crippen LogP contribution in [0.15, 0.2) is 21.3 Å². The summed E-state index contributed by atoms with van der Waals surface area (Å²) in [5.74, 6) is 0.843. The number of rotatable bonds is 2. The molecule has 3 aliphatic rings. The van der Waals surface area contributed by atoms with Crippen LogP contribution in [0.2, 0.25) is 0 Å². The minimum absolute atomic E-state index is 0.160. The summed E-state index contributed by atoms with van der Waals surface area (Å²) in [6.45, 7) is 3.03. The van der Waals surface area contributed by atoms with Crippen LogP contribution in [-0.2, 0) is 24.1 Å². The van der Waals surface area contributed by atoms with Gasteiger partial charge in [0.1, 0.15) is 18.1 Å². The average molecular weight is 341 g/mol. The van der Waals surface area contributed by atoms with Gasteiger partial charge in [0, 0.05) is 30.6 Å². The van der Waals surface area contributed by atoms with E-state index in [1.54, 1.807) is 0 Å². The quantitative estimate of drug-likeness (QED) is 0.786. The summed E-state index contributed by atoms with van der Waals surface area (Å²) >= 11 is 0. The van der Waals surface area contributed by atoms with Crippen molar-refractivity contribution in [2.24, 2.45) is 0 Å².